The molecule has 33 nitrogen and oxygen atoms in total. The minimum absolute atomic E-state index is 0.148. The van der Waals surface area contributed by atoms with Gasteiger partial charge in [-0.05, 0) is 45.4 Å². The van der Waals surface area contributed by atoms with Crippen molar-refractivity contribution in [2.45, 2.75) is 385 Å². The number of amides is 2. The third-order valence-corrected chi connectivity index (χ3v) is 20.9. The van der Waals surface area contributed by atoms with Crippen molar-refractivity contribution in [1.29, 1.82) is 0 Å². The summed E-state index contributed by atoms with van der Waals surface area (Å²) >= 11 is 0. The fourth-order valence-corrected chi connectivity index (χ4v) is 14.6. The van der Waals surface area contributed by atoms with E-state index < -0.39 is 241 Å². The van der Waals surface area contributed by atoms with Gasteiger partial charge in [0.05, 0.1) is 70.0 Å². The lowest BCUT2D eigenvalue weighted by molar-refractivity contribution is -0.406. The molecule has 0 spiro atoms. The molecule has 0 aromatic rings. The Morgan fingerprint density at radius 3 is 1.50 bits per heavy atom. The zero-order valence-corrected chi connectivity index (χ0v) is 63.0. The van der Waals surface area contributed by atoms with E-state index in [2.05, 4.69) is 36.6 Å². The summed E-state index contributed by atoms with van der Waals surface area (Å²) in [5.41, 5.74) is 0. The van der Waals surface area contributed by atoms with Crippen molar-refractivity contribution in [1.82, 2.24) is 10.6 Å². The predicted octanol–water partition coefficient (Wildman–Crippen LogP) is 0.0482. The molecule has 2 amide bonds. The average molecular weight is 1550 g/mol. The van der Waals surface area contributed by atoms with Gasteiger partial charge in [0.15, 0.2) is 25.2 Å². The molecule has 0 aliphatic carbocycles. The quantitative estimate of drug-likeness (QED) is 0.0282. The number of aliphatic carboxylic acids is 1. The van der Waals surface area contributed by atoms with Gasteiger partial charge >= 0.3 is 5.97 Å². The van der Waals surface area contributed by atoms with Crippen LogP contribution in [0.25, 0.3) is 0 Å². The molecule has 0 radical (unpaired) electrons. The lowest BCUT2D eigenvalue weighted by atomic mass is 9.86. The molecule has 5 saturated heterocycles. The highest BCUT2D eigenvalue weighted by Crippen LogP contribution is 2.42. The number of allylic oxidation sites excluding steroid dienone is 2. The van der Waals surface area contributed by atoms with Gasteiger partial charge in [-0.25, -0.2) is 4.79 Å². The molecule has 0 aromatic heterocycles. The van der Waals surface area contributed by atoms with Crippen LogP contribution in [0, 0.1) is 5.92 Å². The predicted molar refractivity (Wildman–Crippen MR) is 380 cm³/mol. The van der Waals surface area contributed by atoms with Crippen LogP contribution in [0.2, 0.25) is 0 Å². The lowest BCUT2D eigenvalue weighted by Gasteiger charge is -2.52. The lowest BCUT2D eigenvalue weighted by Crippen LogP contribution is -2.71. The number of unbranched alkanes of at least 4 members (excludes halogenated alkanes) is 23. The van der Waals surface area contributed by atoms with E-state index in [1.807, 2.05) is 0 Å². The fourth-order valence-electron chi connectivity index (χ4n) is 14.6. The number of ketones is 1. The number of rotatable bonds is 53. The van der Waals surface area contributed by atoms with Gasteiger partial charge in [0.25, 0.3) is 5.79 Å². The molecule has 5 rings (SSSR count). The van der Waals surface area contributed by atoms with Crippen LogP contribution in [0.15, 0.2) is 12.2 Å². The normalized spacial score (nSPS) is 34.6. The highest BCUT2D eigenvalue weighted by Gasteiger charge is 2.62. The third kappa shape index (κ3) is 29.3. The summed E-state index contributed by atoms with van der Waals surface area (Å²) in [6, 6.07) is -2.81. The van der Waals surface area contributed by atoms with Gasteiger partial charge in [0.2, 0.25) is 11.8 Å². The van der Waals surface area contributed by atoms with Crippen LogP contribution >= 0.6 is 0 Å². The number of hydrogen-bond acceptors (Lipinski definition) is 30. The van der Waals surface area contributed by atoms with E-state index in [0.717, 1.165) is 84.5 Å². The number of ether oxygens (including phenoxy) is 10. The number of carbonyl (C=O) groups excluding carboxylic acids is 3. The van der Waals surface area contributed by atoms with E-state index in [1.165, 1.54) is 83.5 Å². The smallest absolute Gasteiger partial charge is 0.364 e. The highest BCUT2D eigenvalue weighted by atomic mass is 16.8. The Morgan fingerprint density at radius 2 is 0.972 bits per heavy atom. The van der Waals surface area contributed by atoms with Gasteiger partial charge in [-0.3, -0.25) is 9.59 Å². The summed E-state index contributed by atoms with van der Waals surface area (Å²) in [6.07, 6.45) is -17.2. The second-order valence-corrected chi connectivity index (χ2v) is 29.6. The maximum atomic E-state index is 13.8. The standard InChI is InChI=1S/C74H132N2O31/c1-5-7-9-11-13-15-17-19-20-22-24-26-28-30-32-34-54(87)76-46(47(84)33-31-29-27-25-23-21-18-16-14-12-10-8-6-2)42-98-70-62(94)60(92)65(52(40-80)101-70)104-72-63(95)68(107-74(73(96)97)36-48(85)55(75-44(4)83)67(106-74)56(88)49(86)37-77)66(53(41-81)102-72)105-69-45(35-43(3)82)64(58(90)51(39-79)99-69)103-71-61(93)59(91)57(89)50(38-78)100-71/h19-20,45-53,55-72,77-81,84-86,88-95H,5-18,21-42H2,1-4H3,(H,75,83)(H,76,87)(H,96,97)/b20-19-/t45-,46+,47-,48+,49-,50-,51-,52-,53-,55-,56-,57+,58+,59+,60-,61-,62-,63-,64-,65-,66+,67?,68-,69+,70-,71+,72+,74+/m1/s1. The summed E-state index contributed by atoms with van der Waals surface area (Å²) in [5.74, 6) is -9.04. The molecule has 1 unspecified atom stereocenters. The highest BCUT2D eigenvalue weighted by molar-refractivity contribution is 5.77. The first-order valence-corrected chi connectivity index (χ1v) is 39.3. The minimum atomic E-state index is -3.36. The van der Waals surface area contributed by atoms with E-state index in [-0.39, 0.29) is 18.7 Å². The van der Waals surface area contributed by atoms with Crippen LogP contribution in [0.3, 0.4) is 0 Å². The zero-order chi connectivity index (χ0) is 78.8. The zero-order valence-electron chi connectivity index (χ0n) is 63.0. The van der Waals surface area contributed by atoms with E-state index in [9.17, 15) is 106 Å². The third-order valence-electron chi connectivity index (χ3n) is 20.9. The monoisotopic (exact) mass is 1540 g/mol. The number of aliphatic hydroxyl groups excluding tert-OH is 16. The Balaban J connectivity index is 1.39. The molecule has 33 heteroatoms. The maximum Gasteiger partial charge on any atom is 0.364 e. The number of aliphatic hydroxyl groups is 16. The van der Waals surface area contributed by atoms with Crippen molar-refractivity contribution in [3.8, 4) is 0 Å². The first-order chi connectivity index (χ1) is 51.3. The van der Waals surface area contributed by atoms with E-state index in [0.29, 0.717) is 12.8 Å². The number of carboxylic acids is 1. The Kier molecular flexibility index (Phi) is 44.2. The number of hydrogen-bond donors (Lipinski definition) is 19. The molecule has 0 saturated carbocycles. The molecule has 28 atom stereocenters. The Morgan fingerprint density at radius 1 is 0.505 bits per heavy atom. The van der Waals surface area contributed by atoms with E-state index in [1.54, 1.807) is 0 Å². The van der Waals surface area contributed by atoms with Gasteiger partial charge in [-0.15, -0.1) is 0 Å². The number of nitrogens with one attached hydrogen (secondary N) is 2. The second kappa shape index (κ2) is 50.1. The van der Waals surface area contributed by atoms with Crippen molar-refractivity contribution in [3.05, 3.63) is 12.2 Å². The molecule has 19 N–H and O–H groups in total. The van der Waals surface area contributed by atoms with Crippen LogP contribution in [0.5, 0.6) is 0 Å². The molecule has 5 heterocycles. The van der Waals surface area contributed by atoms with Crippen molar-refractivity contribution in [2.24, 2.45) is 5.92 Å². The van der Waals surface area contributed by atoms with Gasteiger partial charge < -0.3 is 150 Å². The van der Waals surface area contributed by atoms with Crippen molar-refractivity contribution < 1.29 is 153 Å². The van der Waals surface area contributed by atoms with E-state index in [4.69, 9.17) is 47.4 Å². The first kappa shape index (κ1) is 94.4. The summed E-state index contributed by atoms with van der Waals surface area (Å²) in [6.45, 7) is 0.572. The van der Waals surface area contributed by atoms with Gasteiger partial charge in [-0.1, -0.05) is 161 Å². The average Bonchev–Trinajstić information content (AvgIpc) is 0.754. The molecular weight excluding hydrogens is 1410 g/mol. The maximum absolute atomic E-state index is 13.8. The first-order valence-electron chi connectivity index (χ1n) is 39.3. The minimum Gasteiger partial charge on any atom is -0.477 e. The Bertz CT molecular complexity index is 2500. The second-order valence-electron chi connectivity index (χ2n) is 29.6. The number of carboxylic acid groups (broad SMARTS) is 1. The van der Waals surface area contributed by atoms with Crippen LogP contribution in [0.1, 0.15) is 220 Å². The fraction of sp³-hybridized carbons (Fsp3) is 0.919. The van der Waals surface area contributed by atoms with Crippen LogP contribution in [0.4, 0.5) is 0 Å². The van der Waals surface area contributed by atoms with Crippen molar-refractivity contribution in [3.63, 3.8) is 0 Å². The summed E-state index contributed by atoms with van der Waals surface area (Å²) in [7, 11) is 0. The van der Waals surface area contributed by atoms with Crippen molar-refractivity contribution >= 4 is 23.6 Å². The molecule has 5 aliphatic heterocycles. The number of Topliss-reactive ketones (excluding diaryl/α,β-unsaturated/α-hetero) is 1. The van der Waals surface area contributed by atoms with Gasteiger partial charge in [0, 0.05) is 32.1 Å². The molecule has 5 fully saturated rings. The Hall–Kier alpha value is -3.22. The largest absolute Gasteiger partial charge is 0.477 e. The molecule has 624 valence electrons. The summed E-state index contributed by atoms with van der Waals surface area (Å²) in [4.78, 5) is 53.1. The van der Waals surface area contributed by atoms with Crippen LogP contribution < -0.4 is 10.6 Å². The van der Waals surface area contributed by atoms with Gasteiger partial charge in [-0.2, -0.15) is 0 Å². The molecular formula is C74H132N2O31. The molecule has 5 aliphatic rings. The van der Waals surface area contributed by atoms with E-state index >= 15 is 0 Å². The van der Waals surface area contributed by atoms with Crippen LogP contribution in [-0.2, 0) is 66.5 Å². The summed E-state index contributed by atoms with van der Waals surface area (Å²) in [5, 5.41) is 195. The molecule has 107 heavy (non-hydrogen) atoms. The topological polar surface area (TPSA) is 529 Å². The summed E-state index contributed by atoms with van der Waals surface area (Å²) < 4.78 is 60.4. The molecule has 0 aromatic carbocycles. The molecule has 0 bridgehead atoms. The SMILES string of the molecule is CCCCCCCC/C=C\CCCCCCCC(=O)N[C@@H](CO[C@@H]1O[C@H](CO)[C@@H](O[C@@H]2O[C@H](CO)[C@H](O[C@@H]3O[C@H](CO)[C@H](O)[C@H](O[C@@H]4O[C@H](CO)[C@H](O)[C@H](O)[C@H]4O)[C@H]3CC(C)=O)[C@H](O[C@]3(C(=O)O)C[C@H](O)[C@@H](NC(C)=O)C([C@H](O)[C@H](O)CO)O3)[C@H]2O)[C@H](O)[C@H]1O)[C@H](O)CCCCCCCCCCCCCCC. The van der Waals surface area contributed by atoms with Gasteiger partial charge in [0.1, 0.15) is 110 Å². The number of carbonyl (C=O) groups is 4. The van der Waals surface area contributed by atoms with Crippen LogP contribution in [-0.4, -0.2) is 315 Å². The van der Waals surface area contributed by atoms with Crippen molar-refractivity contribution in [2.75, 3.05) is 39.6 Å². The Labute approximate surface area is 628 Å².